The fourth-order valence-corrected chi connectivity index (χ4v) is 7.13. The number of fused-ring (bicyclic) bond motifs is 1. The summed E-state index contributed by atoms with van der Waals surface area (Å²) in [4.78, 5) is 13.1. The largest absolute Gasteiger partial charge is 0.378 e. The van der Waals surface area contributed by atoms with Crippen LogP contribution in [0.5, 0.6) is 0 Å². The van der Waals surface area contributed by atoms with Crippen molar-refractivity contribution >= 4 is 27.2 Å². The molecule has 0 spiro atoms. The molecule has 5 heterocycles. The van der Waals surface area contributed by atoms with Crippen molar-refractivity contribution in [2.45, 2.75) is 39.0 Å². The Hall–Kier alpha value is -2.85. The topological polar surface area (TPSA) is 49.7 Å². The zero-order valence-corrected chi connectivity index (χ0v) is 24.0. The van der Waals surface area contributed by atoms with Crippen molar-refractivity contribution in [2.75, 3.05) is 58.4 Å². The quantitative estimate of drug-likeness (QED) is 0.335. The lowest BCUT2D eigenvalue weighted by molar-refractivity contribution is 0.0549. The molecule has 2 unspecified atom stereocenters. The zero-order chi connectivity index (χ0) is 27.1. The standard InChI is InChI=1S/C30H37FN6OS/c1-20-6-5-7-22(16-20)24-8-11-37(33-24)28-17-26(36-12-14-38-15-13-36)30-29(32-28)21(2)27(39-30)19-35-10-9-25(34(3)4)23(31)18-35/h5-8,11,16-17,23,25H,9-10,12-15,18-19H2,1-4H3. The van der Waals surface area contributed by atoms with Crippen molar-refractivity contribution in [3.05, 3.63) is 58.6 Å². The number of ether oxygens (including phenoxy) is 1. The molecule has 0 saturated carbocycles. The first-order valence-corrected chi connectivity index (χ1v) is 14.6. The minimum Gasteiger partial charge on any atom is -0.378 e. The number of aromatic nitrogens is 3. The van der Waals surface area contributed by atoms with Crippen LogP contribution in [-0.2, 0) is 11.3 Å². The second-order valence-corrected chi connectivity index (χ2v) is 12.1. The highest BCUT2D eigenvalue weighted by molar-refractivity contribution is 7.19. The molecule has 2 fully saturated rings. The molecule has 0 aliphatic carbocycles. The van der Waals surface area contributed by atoms with Gasteiger partial charge < -0.3 is 14.5 Å². The number of alkyl halides is 1. The lowest BCUT2D eigenvalue weighted by Gasteiger charge is -2.37. The Labute approximate surface area is 233 Å². The maximum Gasteiger partial charge on any atom is 0.156 e. The fourth-order valence-electron chi connectivity index (χ4n) is 5.79. The molecule has 0 radical (unpaired) electrons. The van der Waals surface area contributed by atoms with E-state index in [2.05, 4.69) is 54.0 Å². The molecule has 0 N–H and O–H groups in total. The maximum absolute atomic E-state index is 14.9. The number of hydrogen-bond donors (Lipinski definition) is 0. The number of thiophene rings is 1. The third-order valence-corrected chi connectivity index (χ3v) is 9.34. The summed E-state index contributed by atoms with van der Waals surface area (Å²) in [5.41, 5.74) is 6.62. The van der Waals surface area contributed by atoms with E-state index in [0.29, 0.717) is 19.8 Å². The first-order valence-electron chi connectivity index (χ1n) is 13.8. The van der Waals surface area contributed by atoms with Crippen LogP contribution in [0.4, 0.5) is 10.1 Å². The van der Waals surface area contributed by atoms with Gasteiger partial charge in [0, 0.05) is 61.5 Å². The molecule has 0 amide bonds. The van der Waals surface area contributed by atoms with Gasteiger partial charge in [0.1, 0.15) is 6.17 Å². The molecule has 6 rings (SSSR count). The van der Waals surface area contributed by atoms with Crippen molar-refractivity contribution in [1.29, 1.82) is 0 Å². The van der Waals surface area contributed by atoms with E-state index < -0.39 is 6.17 Å². The number of nitrogens with zero attached hydrogens (tertiary/aromatic N) is 6. The van der Waals surface area contributed by atoms with Gasteiger partial charge in [-0.05, 0) is 52.1 Å². The molecule has 206 valence electrons. The molecule has 4 aromatic rings. The molecule has 2 saturated heterocycles. The molecule has 2 aliphatic heterocycles. The van der Waals surface area contributed by atoms with Crippen molar-refractivity contribution in [2.24, 2.45) is 0 Å². The second-order valence-electron chi connectivity index (χ2n) is 11.0. The number of aryl methyl sites for hydroxylation is 2. The maximum atomic E-state index is 14.9. The van der Waals surface area contributed by atoms with Crippen LogP contribution in [0.25, 0.3) is 27.3 Å². The third-order valence-electron chi connectivity index (χ3n) is 8.05. The first-order chi connectivity index (χ1) is 18.9. The van der Waals surface area contributed by atoms with E-state index in [0.717, 1.165) is 55.2 Å². The average molecular weight is 549 g/mol. The highest BCUT2D eigenvalue weighted by Gasteiger charge is 2.31. The van der Waals surface area contributed by atoms with Crippen LogP contribution in [0, 0.1) is 13.8 Å². The van der Waals surface area contributed by atoms with Gasteiger partial charge in [-0.15, -0.1) is 11.3 Å². The summed E-state index contributed by atoms with van der Waals surface area (Å²) in [5.74, 6) is 0.811. The molecule has 7 nitrogen and oxygen atoms in total. The Morgan fingerprint density at radius 2 is 1.92 bits per heavy atom. The SMILES string of the molecule is Cc1cccc(-c2ccn(-c3cc(N4CCOCC4)c4sc(CN5CCC(N(C)C)C(F)C5)c(C)c4n3)n2)c1. The molecule has 2 atom stereocenters. The molecular formula is C30H37FN6OS. The van der Waals surface area contributed by atoms with Crippen molar-refractivity contribution in [3.8, 4) is 17.1 Å². The third kappa shape index (κ3) is 5.33. The lowest BCUT2D eigenvalue weighted by atomic mass is 10.0. The number of rotatable bonds is 6. The summed E-state index contributed by atoms with van der Waals surface area (Å²) in [7, 11) is 3.95. The van der Waals surface area contributed by atoms with Gasteiger partial charge in [-0.3, -0.25) is 4.90 Å². The molecule has 0 bridgehead atoms. The summed E-state index contributed by atoms with van der Waals surface area (Å²) < 4.78 is 23.7. The van der Waals surface area contributed by atoms with Crippen LogP contribution >= 0.6 is 11.3 Å². The highest BCUT2D eigenvalue weighted by atomic mass is 32.1. The highest BCUT2D eigenvalue weighted by Crippen LogP contribution is 2.39. The van der Waals surface area contributed by atoms with Gasteiger partial charge in [-0.1, -0.05) is 23.8 Å². The van der Waals surface area contributed by atoms with E-state index in [1.54, 1.807) is 11.3 Å². The number of halogens is 1. The molecule has 3 aromatic heterocycles. The van der Waals surface area contributed by atoms with Gasteiger partial charge in [0.25, 0.3) is 0 Å². The van der Waals surface area contributed by atoms with E-state index in [1.165, 1.54) is 26.4 Å². The summed E-state index contributed by atoms with van der Waals surface area (Å²) in [5, 5.41) is 4.91. The van der Waals surface area contributed by atoms with Gasteiger partial charge in [-0.2, -0.15) is 5.10 Å². The Bertz CT molecular complexity index is 1460. The van der Waals surface area contributed by atoms with E-state index in [1.807, 2.05) is 35.9 Å². The van der Waals surface area contributed by atoms with Crippen molar-refractivity contribution in [3.63, 3.8) is 0 Å². The van der Waals surface area contributed by atoms with Crippen LogP contribution < -0.4 is 4.90 Å². The van der Waals surface area contributed by atoms with E-state index in [4.69, 9.17) is 14.8 Å². The van der Waals surface area contributed by atoms with Gasteiger partial charge in [0.15, 0.2) is 5.82 Å². The van der Waals surface area contributed by atoms with Gasteiger partial charge >= 0.3 is 0 Å². The molecule has 2 aliphatic rings. The number of likely N-dealkylation sites (tertiary alicyclic amines) is 1. The molecule has 1 aromatic carbocycles. The van der Waals surface area contributed by atoms with Crippen LogP contribution in [0.3, 0.4) is 0 Å². The van der Waals surface area contributed by atoms with Crippen LogP contribution in [0.15, 0.2) is 42.6 Å². The van der Waals surface area contributed by atoms with E-state index >= 15 is 0 Å². The van der Waals surface area contributed by atoms with E-state index in [9.17, 15) is 4.39 Å². The number of morpholine rings is 1. The second kappa shape index (κ2) is 11.0. The molecule has 9 heteroatoms. The van der Waals surface area contributed by atoms with Crippen molar-refractivity contribution in [1.82, 2.24) is 24.6 Å². The number of hydrogen-bond acceptors (Lipinski definition) is 7. The number of pyridine rings is 1. The van der Waals surface area contributed by atoms with Gasteiger partial charge in [0.05, 0.1) is 34.8 Å². The van der Waals surface area contributed by atoms with E-state index in [-0.39, 0.29) is 6.04 Å². The first kappa shape index (κ1) is 26.4. The summed E-state index contributed by atoms with van der Waals surface area (Å²) in [6.07, 6.45) is 2.01. The Morgan fingerprint density at radius 1 is 1.10 bits per heavy atom. The van der Waals surface area contributed by atoms with Gasteiger partial charge in [-0.25, -0.2) is 14.1 Å². The van der Waals surface area contributed by atoms with Gasteiger partial charge in [0.2, 0.25) is 0 Å². The zero-order valence-electron chi connectivity index (χ0n) is 23.2. The normalized spacial score (nSPS) is 20.8. The molecule has 39 heavy (non-hydrogen) atoms. The number of anilines is 1. The predicted octanol–water partition coefficient (Wildman–Crippen LogP) is 5.08. The minimum absolute atomic E-state index is 0.000616. The Morgan fingerprint density at radius 3 is 2.67 bits per heavy atom. The Kier molecular flexibility index (Phi) is 7.41. The van der Waals surface area contributed by atoms with Crippen LogP contribution in [-0.4, -0.2) is 90.3 Å². The predicted molar refractivity (Wildman–Crippen MR) is 157 cm³/mol. The average Bonchev–Trinajstić information content (AvgIpc) is 3.54. The van der Waals surface area contributed by atoms with Crippen LogP contribution in [0.1, 0.15) is 22.4 Å². The van der Waals surface area contributed by atoms with Crippen LogP contribution in [0.2, 0.25) is 0 Å². The summed E-state index contributed by atoms with van der Waals surface area (Å²) >= 11 is 1.80. The smallest absolute Gasteiger partial charge is 0.156 e. The minimum atomic E-state index is -0.834. The van der Waals surface area contributed by atoms with Crippen molar-refractivity contribution < 1.29 is 9.13 Å². The number of benzene rings is 1. The number of piperidine rings is 1. The molecular weight excluding hydrogens is 511 g/mol. The monoisotopic (exact) mass is 548 g/mol. The fraction of sp³-hybridized carbons (Fsp3) is 0.467. The lowest BCUT2D eigenvalue weighted by Crippen LogP contribution is -2.49. The Balaban J connectivity index is 1.36. The summed E-state index contributed by atoms with van der Waals surface area (Å²) in [6.45, 7) is 9.52. The summed E-state index contributed by atoms with van der Waals surface area (Å²) in [6, 6.07) is 12.6.